The van der Waals surface area contributed by atoms with Crippen molar-refractivity contribution >= 4 is 9.08 Å². The molecule has 0 nitrogen and oxygen atoms in total. The minimum absolute atomic E-state index is 0.0828. The summed E-state index contributed by atoms with van der Waals surface area (Å²) in [7, 11) is -5.50. The number of allylic oxidation sites excluding steroid dienone is 1. The maximum Gasteiger partial charge on any atom is 0.620 e. The Kier molecular flexibility index (Phi) is 2.74. The summed E-state index contributed by atoms with van der Waals surface area (Å²) in [5.41, 5.74) is 0. The molecule has 0 unspecified atom stereocenters. The van der Waals surface area contributed by atoms with Gasteiger partial charge < -0.3 is 0 Å². The lowest BCUT2D eigenvalue weighted by molar-refractivity contribution is 0.477. The van der Waals surface area contributed by atoms with E-state index in [0.29, 0.717) is 6.08 Å². The Hall–Kier alpha value is -0.323. The SMILES string of the molecule is F/C=C/C[Si](F)(F)F. The second kappa shape index (κ2) is 2.86. The maximum atomic E-state index is 11.2. The molecule has 0 radical (unpaired) electrons. The van der Waals surface area contributed by atoms with E-state index in [1.165, 1.54) is 0 Å². The highest BCUT2D eigenvalue weighted by atomic mass is 28.5. The fourth-order valence-electron chi connectivity index (χ4n) is 0.178. The summed E-state index contributed by atoms with van der Waals surface area (Å²) in [6.45, 7) is 0. The zero-order chi connectivity index (χ0) is 6.62. The summed E-state index contributed by atoms with van der Waals surface area (Å²) in [6, 6.07) is -1.05. The van der Waals surface area contributed by atoms with Crippen molar-refractivity contribution in [1.29, 1.82) is 0 Å². The van der Waals surface area contributed by atoms with Gasteiger partial charge >= 0.3 is 9.08 Å². The maximum absolute atomic E-state index is 11.2. The molecule has 0 saturated heterocycles. The van der Waals surface area contributed by atoms with Crippen molar-refractivity contribution < 1.29 is 16.7 Å². The summed E-state index contributed by atoms with van der Waals surface area (Å²) >= 11 is 0. The molecular formula is C3H4F4Si. The van der Waals surface area contributed by atoms with Gasteiger partial charge in [0.25, 0.3) is 0 Å². The molecule has 0 bridgehead atoms. The minimum Gasteiger partial charge on any atom is -0.237 e. The molecule has 0 saturated carbocycles. The third kappa shape index (κ3) is 5.68. The first-order valence-electron chi connectivity index (χ1n) is 1.88. The summed E-state index contributed by atoms with van der Waals surface area (Å²) in [6.07, 6.45) is 0.396. The Labute approximate surface area is 45.3 Å². The van der Waals surface area contributed by atoms with Crippen molar-refractivity contribution in [3.63, 3.8) is 0 Å². The van der Waals surface area contributed by atoms with Gasteiger partial charge in [0.05, 0.1) is 6.33 Å². The highest BCUT2D eigenvalue weighted by molar-refractivity contribution is 6.58. The quantitative estimate of drug-likeness (QED) is 0.317. The zero-order valence-corrected chi connectivity index (χ0v) is 4.87. The molecule has 0 aromatic carbocycles. The van der Waals surface area contributed by atoms with Crippen molar-refractivity contribution in [2.45, 2.75) is 6.04 Å². The van der Waals surface area contributed by atoms with E-state index in [2.05, 4.69) is 0 Å². The Morgan fingerprint density at radius 3 is 1.88 bits per heavy atom. The van der Waals surface area contributed by atoms with Gasteiger partial charge in [-0.2, -0.15) is 0 Å². The van der Waals surface area contributed by atoms with Gasteiger partial charge in [-0.05, 0) is 0 Å². The van der Waals surface area contributed by atoms with E-state index < -0.39 is 15.1 Å². The fourth-order valence-corrected chi connectivity index (χ4v) is 0.535. The molecule has 0 N–H and O–H groups in total. The van der Waals surface area contributed by atoms with Crippen molar-refractivity contribution in [3.05, 3.63) is 12.4 Å². The van der Waals surface area contributed by atoms with Crippen LogP contribution in [0.2, 0.25) is 6.04 Å². The lowest BCUT2D eigenvalue weighted by Gasteiger charge is -1.92. The van der Waals surface area contributed by atoms with Crippen molar-refractivity contribution in [1.82, 2.24) is 0 Å². The Balaban J connectivity index is 3.39. The Morgan fingerprint density at radius 1 is 1.25 bits per heavy atom. The minimum atomic E-state index is -5.50. The normalized spacial score (nSPS) is 13.0. The van der Waals surface area contributed by atoms with Gasteiger partial charge in [0.2, 0.25) is 0 Å². The third-order valence-corrected chi connectivity index (χ3v) is 1.14. The van der Waals surface area contributed by atoms with Gasteiger partial charge in [-0.3, -0.25) is 0 Å². The number of rotatable bonds is 2. The van der Waals surface area contributed by atoms with Crippen LogP contribution in [-0.2, 0) is 0 Å². The number of hydrogen-bond donors (Lipinski definition) is 0. The molecule has 0 atom stereocenters. The van der Waals surface area contributed by atoms with Crippen LogP contribution in [0.4, 0.5) is 16.7 Å². The molecule has 8 heavy (non-hydrogen) atoms. The largest absolute Gasteiger partial charge is 0.620 e. The molecule has 0 spiro atoms. The average Bonchev–Trinajstić information content (AvgIpc) is 1.59. The average molecular weight is 144 g/mol. The van der Waals surface area contributed by atoms with Crippen LogP contribution in [0.15, 0.2) is 12.4 Å². The number of halogens is 4. The molecule has 0 aliphatic heterocycles. The van der Waals surface area contributed by atoms with E-state index in [-0.39, 0.29) is 6.33 Å². The van der Waals surface area contributed by atoms with Gasteiger partial charge in [0.1, 0.15) is 0 Å². The van der Waals surface area contributed by atoms with Gasteiger partial charge in [-0.1, -0.05) is 6.08 Å². The summed E-state index contributed by atoms with van der Waals surface area (Å²) in [5.74, 6) is 0. The van der Waals surface area contributed by atoms with Gasteiger partial charge in [0.15, 0.2) is 0 Å². The first-order valence-corrected chi connectivity index (χ1v) is 3.72. The molecule has 0 heterocycles. The molecule has 0 aliphatic rings. The van der Waals surface area contributed by atoms with Crippen LogP contribution in [0.1, 0.15) is 0 Å². The molecule has 0 aliphatic carbocycles. The fraction of sp³-hybridized carbons (Fsp3) is 0.333. The van der Waals surface area contributed by atoms with Crippen molar-refractivity contribution in [3.8, 4) is 0 Å². The monoisotopic (exact) mass is 144 g/mol. The lowest BCUT2D eigenvalue weighted by Crippen LogP contribution is -2.11. The van der Waals surface area contributed by atoms with Crippen LogP contribution in [-0.4, -0.2) is 9.08 Å². The van der Waals surface area contributed by atoms with Crippen LogP contribution < -0.4 is 0 Å². The van der Waals surface area contributed by atoms with Gasteiger partial charge in [0, 0.05) is 6.04 Å². The Bertz CT molecular complexity index is 83.8. The molecule has 0 aromatic rings. The van der Waals surface area contributed by atoms with Crippen LogP contribution >= 0.6 is 0 Å². The smallest absolute Gasteiger partial charge is 0.237 e. The second-order valence-corrected chi connectivity index (χ2v) is 2.82. The molecular weight excluding hydrogens is 140 g/mol. The standard InChI is InChI=1S/C3H4F4Si/c4-2-1-3-8(5,6)7/h1-2H,3H2/b2-1+. The van der Waals surface area contributed by atoms with Crippen LogP contribution in [0.5, 0.6) is 0 Å². The van der Waals surface area contributed by atoms with Gasteiger partial charge in [-0.25, -0.2) is 16.7 Å². The van der Waals surface area contributed by atoms with Crippen LogP contribution in [0.3, 0.4) is 0 Å². The molecule has 0 rings (SSSR count). The van der Waals surface area contributed by atoms with E-state index in [9.17, 15) is 16.7 Å². The molecule has 5 heteroatoms. The Morgan fingerprint density at radius 2 is 1.75 bits per heavy atom. The van der Waals surface area contributed by atoms with Crippen LogP contribution in [0.25, 0.3) is 0 Å². The first kappa shape index (κ1) is 7.68. The highest BCUT2D eigenvalue weighted by Gasteiger charge is 2.34. The topological polar surface area (TPSA) is 0 Å². The summed E-state index contributed by atoms with van der Waals surface area (Å²) < 4.78 is 44.4. The summed E-state index contributed by atoms with van der Waals surface area (Å²) in [4.78, 5) is 0. The zero-order valence-electron chi connectivity index (χ0n) is 3.87. The van der Waals surface area contributed by atoms with Crippen LogP contribution in [0, 0.1) is 0 Å². The van der Waals surface area contributed by atoms with E-state index in [4.69, 9.17) is 0 Å². The summed E-state index contributed by atoms with van der Waals surface area (Å²) in [5, 5.41) is 0. The van der Waals surface area contributed by atoms with Crippen molar-refractivity contribution in [2.24, 2.45) is 0 Å². The third-order valence-electron chi connectivity index (χ3n) is 0.438. The molecule has 0 amide bonds. The molecule has 0 fully saturated rings. The predicted molar refractivity (Wildman–Crippen MR) is 24.1 cm³/mol. The van der Waals surface area contributed by atoms with E-state index in [1.54, 1.807) is 0 Å². The predicted octanol–water partition coefficient (Wildman–Crippen LogP) is 2.32. The number of hydrogen-bond acceptors (Lipinski definition) is 0. The van der Waals surface area contributed by atoms with Crippen molar-refractivity contribution in [2.75, 3.05) is 0 Å². The molecule has 48 valence electrons. The van der Waals surface area contributed by atoms with Gasteiger partial charge in [-0.15, -0.1) is 0 Å². The van der Waals surface area contributed by atoms with E-state index in [1.807, 2.05) is 0 Å². The molecule has 0 aromatic heterocycles. The van der Waals surface area contributed by atoms with E-state index in [0.717, 1.165) is 0 Å². The van der Waals surface area contributed by atoms with E-state index >= 15 is 0 Å². The second-order valence-electron chi connectivity index (χ2n) is 1.18. The highest BCUT2D eigenvalue weighted by Crippen LogP contribution is 2.14. The first-order chi connectivity index (χ1) is 3.56. The lowest BCUT2D eigenvalue weighted by atomic mass is 10.7.